The SMILES string of the molecule is COc1cccc2oc(C(=O)c3ccccc3)c(-c3ccccc3)c12. The number of benzene rings is 3. The summed E-state index contributed by atoms with van der Waals surface area (Å²) in [4.78, 5) is 13.1. The smallest absolute Gasteiger partial charge is 0.228 e. The van der Waals surface area contributed by atoms with Gasteiger partial charge < -0.3 is 9.15 Å². The molecule has 0 spiro atoms. The summed E-state index contributed by atoms with van der Waals surface area (Å²) < 4.78 is 11.5. The molecule has 1 aromatic heterocycles. The molecule has 3 nitrogen and oxygen atoms in total. The maximum Gasteiger partial charge on any atom is 0.228 e. The second kappa shape index (κ2) is 6.29. The van der Waals surface area contributed by atoms with E-state index in [4.69, 9.17) is 9.15 Å². The van der Waals surface area contributed by atoms with E-state index in [1.165, 1.54) is 0 Å². The molecule has 0 bridgehead atoms. The highest BCUT2D eigenvalue weighted by Crippen LogP contribution is 2.40. The first kappa shape index (κ1) is 15.2. The van der Waals surface area contributed by atoms with Crippen molar-refractivity contribution >= 4 is 16.8 Å². The van der Waals surface area contributed by atoms with Crippen molar-refractivity contribution in [3.63, 3.8) is 0 Å². The minimum absolute atomic E-state index is 0.141. The fraction of sp³-hybridized carbons (Fsp3) is 0.0455. The van der Waals surface area contributed by atoms with Crippen LogP contribution < -0.4 is 4.74 Å². The van der Waals surface area contributed by atoms with Crippen molar-refractivity contribution in [1.82, 2.24) is 0 Å². The third-order valence-corrected chi connectivity index (χ3v) is 4.20. The van der Waals surface area contributed by atoms with Gasteiger partial charge in [-0.1, -0.05) is 66.7 Å². The number of hydrogen-bond acceptors (Lipinski definition) is 3. The lowest BCUT2D eigenvalue weighted by molar-refractivity contribution is 0.101. The van der Waals surface area contributed by atoms with Gasteiger partial charge in [0.25, 0.3) is 0 Å². The summed E-state index contributed by atoms with van der Waals surface area (Å²) >= 11 is 0. The quantitative estimate of drug-likeness (QED) is 0.475. The molecule has 4 aromatic rings. The number of furan rings is 1. The van der Waals surface area contributed by atoms with Crippen LogP contribution in [-0.4, -0.2) is 12.9 Å². The minimum Gasteiger partial charge on any atom is -0.496 e. The third-order valence-electron chi connectivity index (χ3n) is 4.20. The average molecular weight is 328 g/mol. The Bertz CT molecular complexity index is 1030. The molecular formula is C22H16O3. The van der Waals surface area contributed by atoms with Gasteiger partial charge in [0.15, 0.2) is 5.76 Å². The van der Waals surface area contributed by atoms with Crippen LogP contribution in [0, 0.1) is 0 Å². The molecule has 0 fully saturated rings. The molecule has 0 aliphatic rings. The number of hydrogen-bond donors (Lipinski definition) is 0. The van der Waals surface area contributed by atoms with Crippen LogP contribution in [0.5, 0.6) is 5.75 Å². The molecular weight excluding hydrogens is 312 g/mol. The summed E-state index contributed by atoms with van der Waals surface area (Å²) in [5.41, 5.74) is 2.92. The standard InChI is InChI=1S/C22H16O3/c1-24-17-13-8-14-18-20(17)19(15-9-4-2-5-10-15)22(25-18)21(23)16-11-6-3-7-12-16/h2-14H,1H3. The highest BCUT2D eigenvalue weighted by molar-refractivity contribution is 6.16. The second-order valence-electron chi connectivity index (χ2n) is 5.70. The van der Waals surface area contributed by atoms with E-state index in [1.807, 2.05) is 66.7 Å². The number of carbonyl (C=O) groups excluding carboxylic acids is 1. The predicted octanol–water partition coefficient (Wildman–Crippen LogP) is 5.34. The lowest BCUT2D eigenvalue weighted by atomic mass is 9.97. The van der Waals surface area contributed by atoms with Crippen LogP contribution in [0.1, 0.15) is 16.1 Å². The van der Waals surface area contributed by atoms with Gasteiger partial charge in [0.1, 0.15) is 11.3 Å². The van der Waals surface area contributed by atoms with Gasteiger partial charge in [-0.25, -0.2) is 0 Å². The lowest BCUT2D eigenvalue weighted by Crippen LogP contribution is -2.01. The van der Waals surface area contributed by atoms with Crippen molar-refractivity contribution in [2.45, 2.75) is 0 Å². The summed E-state index contributed by atoms with van der Waals surface area (Å²) in [5.74, 6) is 0.877. The first-order valence-electron chi connectivity index (χ1n) is 8.04. The summed E-state index contributed by atoms with van der Waals surface area (Å²) in [5, 5.41) is 0.815. The number of ether oxygens (including phenoxy) is 1. The van der Waals surface area contributed by atoms with Crippen molar-refractivity contribution in [3.8, 4) is 16.9 Å². The number of ketones is 1. The van der Waals surface area contributed by atoms with Crippen LogP contribution in [0.25, 0.3) is 22.1 Å². The molecule has 0 amide bonds. The van der Waals surface area contributed by atoms with E-state index >= 15 is 0 Å². The Kier molecular flexibility index (Phi) is 3.82. The number of carbonyl (C=O) groups is 1. The largest absolute Gasteiger partial charge is 0.496 e. The van der Waals surface area contributed by atoms with Gasteiger partial charge in [-0.3, -0.25) is 4.79 Å². The van der Waals surface area contributed by atoms with Crippen LogP contribution in [0.15, 0.2) is 83.3 Å². The maximum atomic E-state index is 13.1. The van der Waals surface area contributed by atoms with Crippen molar-refractivity contribution in [3.05, 3.63) is 90.2 Å². The van der Waals surface area contributed by atoms with Crippen LogP contribution >= 0.6 is 0 Å². The van der Waals surface area contributed by atoms with Gasteiger partial charge in [0.2, 0.25) is 5.78 Å². The highest BCUT2D eigenvalue weighted by atomic mass is 16.5. The highest BCUT2D eigenvalue weighted by Gasteiger charge is 2.24. The Balaban J connectivity index is 2.03. The van der Waals surface area contributed by atoms with E-state index in [9.17, 15) is 4.79 Å². The van der Waals surface area contributed by atoms with E-state index in [1.54, 1.807) is 19.2 Å². The molecule has 25 heavy (non-hydrogen) atoms. The molecule has 4 rings (SSSR count). The van der Waals surface area contributed by atoms with E-state index < -0.39 is 0 Å². The average Bonchev–Trinajstić information content (AvgIpc) is 3.08. The van der Waals surface area contributed by atoms with Crippen LogP contribution in [-0.2, 0) is 0 Å². The zero-order chi connectivity index (χ0) is 17.2. The van der Waals surface area contributed by atoms with E-state index in [-0.39, 0.29) is 5.78 Å². The zero-order valence-electron chi connectivity index (χ0n) is 13.7. The Morgan fingerprint density at radius 2 is 1.52 bits per heavy atom. The van der Waals surface area contributed by atoms with E-state index in [0.29, 0.717) is 22.7 Å². The summed E-state index contributed by atoms with van der Waals surface area (Å²) in [6, 6.07) is 24.5. The van der Waals surface area contributed by atoms with E-state index in [0.717, 1.165) is 16.5 Å². The van der Waals surface area contributed by atoms with E-state index in [2.05, 4.69) is 0 Å². The Labute approximate surface area is 145 Å². The Morgan fingerprint density at radius 3 is 2.20 bits per heavy atom. The Hall–Kier alpha value is -3.33. The van der Waals surface area contributed by atoms with Crippen molar-refractivity contribution in [1.29, 1.82) is 0 Å². The number of methoxy groups -OCH3 is 1. The van der Waals surface area contributed by atoms with Gasteiger partial charge in [0, 0.05) is 11.1 Å². The van der Waals surface area contributed by atoms with Crippen molar-refractivity contribution < 1.29 is 13.9 Å². The zero-order valence-corrected chi connectivity index (χ0v) is 13.7. The Morgan fingerprint density at radius 1 is 0.840 bits per heavy atom. The molecule has 0 radical (unpaired) electrons. The van der Waals surface area contributed by atoms with Gasteiger partial charge in [-0.05, 0) is 17.7 Å². The fourth-order valence-electron chi connectivity index (χ4n) is 3.05. The van der Waals surface area contributed by atoms with Crippen molar-refractivity contribution in [2.24, 2.45) is 0 Å². The first-order chi connectivity index (χ1) is 12.3. The van der Waals surface area contributed by atoms with Crippen LogP contribution in [0.2, 0.25) is 0 Å². The van der Waals surface area contributed by atoms with Gasteiger partial charge >= 0.3 is 0 Å². The predicted molar refractivity (Wildman–Crippen MR) is 98.1 cm³/mol. The molecule has 3 heteroatoms. The molecule has 3 aromatic carbocycles. The summed E-state index contributed by atoms with van der Waals surface area (Å²) in [7, 11) is 1.62. The topological polar surface area (TPSA) is 39.4 Å². The van der Waals surface area contributed by atoms with Crippen molar-refractivity contribution in [2.75, 3.05) is 7.11 Å². The lowest BCUT2D eigenvalue weighted by Gasteiger charge is -2.06. The van der Waals surface area contributed by atoms with Gasteiger partial charge in [-0.15, -0.1) is 0 Å². The van der Waals surface area contributed by atoms with Crippen LogP contribution in [0.3, 0.4) is 0 Å². The molecule has 0 N–H and O–H groups in total. The first-order valence-corrected chi connectivity index (χ1v) is 8.04. The number of fused-ring (bicyclic) bond motifs is 1. The maximum absolute atomic E-state index is 13.1. The molecule has 0 aliphatic heterocycles. The van der Waals surface area contributed by atoms with Gasteiger partial charge in [-0.2, -0.15) is 0 Å². The molecule has 1 heterocycles. The molecule has 0 unspecified atom stereocenters. The normalized spacial score (nSPS) is 10.8. The molecule has 0 aliphatic carbocycles. The molecule has 122 valence electrons. The summed E-state index contributed by atoms with van der Waals surface area (Å²) in [6.45, 7) is 0. The monoisotopic (exact) mass is 328 g/mol. The number of rotatable bonds is 4. The fourth-order valence-corrected chi connectivity index (χ4v) is 3.05. The molecule has 0 saturated heterocycles. The molecule has 0 saturated carbocycles. The van der Waals surface area contributed by atoms with Gasteiger partial charge in [0.05, 0.1) is 12.5 Å². The summed E-state index contributed by atoms with van der Waals surface area (Å²) in [6.07, 6.45) is 0. The molecule has 0 atom stereocenters. The second-order valence-corrected chi connectivity index (χ2v) is 5.70. The minimum atomic E-state index is -0.141. The van der Waals surface area contributed by atoms with Crippen LogP contribution in [0.4, 0.5) is 0 Å². The third kappa shape index (κ3) is 2.60.